The summed E-state index contributed by atoms with van der Waals surface area (Å²) >= 11 is 0. The number of likely N-dealkylation sites (N-methyl/N-ethyl adjacent to an activating group) is 1. The quantitative estimate of drug-likeness (QED) is 0.803. The third kappa shape index (κ3) is 2.60. The summed E-state index contributed by atoms with van der Waals surface area (Å²) in [6.45, 7) is 7.72. The number of carbonyl (C=O) groups excluding carboxylic acids is 1. The van der Waals surface area contributed by atoms with Crippen LogP contribution in [-0.4, -0.2) is 46.7 Å². The van der Waals surface area contributed by atoms with Gasteiger partial charge in [-0.1, -0.05) is 0 Å². The normalized spacial score (nSPS) is 24.7. The first-order valence-corrected chi connectivity index (χ1v) is 5.98. The van der Waals surface area contributed by atoms with E-state index in [1.165, 1.54) is 4.90 Å². The second-order valence-electron chi connectivity index (χ2n) is 4.92. The topological polar surface area (TPSA) is 66.8 Å². The zero-order chi connectivity index (χ0) is 13.2. The van der Waals surface area contributed by atoms with Gasteiger partial charge >= 0.3 is 5.97 Å². The van der Waals surface area contributed by atoms with E-state index in [0.717, 1.165) is 0 Å². The maximum absolute atomic E-state index is 12.3. The molecule has 17 heavy (non-hydrogen) atoms. The lowest BCUT2D eigenvalue weighted by atomic mass is 9.96. The van der Waals surface area contributed by atoms with E-state index < -0.39 is 11.5 Å². The molecule has 1 heterocycles. The van der Waals surface area contributed by atoms with Crippen molar-refractivity contribution in [2.24, 2.45) is 5.92 Å². The Kier molecular flexibility index (Phi) is 4.14. The number of amides is 1. The number of rotatable bonds is 4. The van der Waals surface area contributed by atoms with Gasteiger partial charge in [-0.15, -0.1) is 0 Å². The summed E-state index contributed by atoms with van der Waals surface area (Å²) in [6.07, 6.45) is 0.549. The Morgan fingerprint density at radius 2 is 2.06 bits per heavy atom. The molecule has 1 N–H and O–H groups in total. The molecule has 0 aromatic rings. The van der Waals surface area contributed by atoms with Crippen LogP contribution in [0.4, 0.5) is 0 Å². The highest BCUT2D eigenvalue weighted by Crippen LogP contribution is 2.26. The van der Waals surface area contributed by atoms with Crippen LogP contribution in [0.1, 0.15) is 34.1 Å². The molecule has 0 aromatic heterocycles. The molecule has 5 nitrogen and oxygen atoms in total. The van der Waals surface area contributed by atoms with Gasteiger partial charge in [0.2, 0.25) is 5.91 Å². The van der Waals surface area contributed by atoms with Gasteiger partial charge in [0, 0.05) is 13.2 Å². The van der Waals surface area contributed by atoms with Gasteiger partial charge in [0.25, 0.3) is 0 Å². The third-order valence-electron chi connectivity index (χ3n) is 3.47. The van der Waals surface area contributed by atoms with Crippen molar-refractivity contribution in [1.82, 2.24) is 4.90 Å². The number of carboxylic acids is 1. The van der Waals surface area contributed by atoms with E-state index in [2.05, 4.69) is 0 Å². The van der Waals surface area contributed by atoms with Crippen LogP contribution in [0.2, 0.25) is 0 Å². The Hall–Kier alpha value is -1.10. The van der Waals surface area contributed by atoms with Gasteiger partial charge in [0.05, 0.1) is 12.0 Å². The van der Waals surface area contributed by atoms with Crippen LogP contribution in [0, 0.1) is 5.92 Å². The maximum Gasteiger partial charge on any atom is 0.329 e. The van der Waals surface area contributed by atoms with E-state index in [0.29, 0.717) is 19.6 Å². The molecule has 1 rings (SSSR count). The molecule has 0 bridgehead atoms. The number of ether oxygens (including phenoxy) is 1. The molecule has 0 spiro atoms. The fraction of sp³-hybridized carbons (Fsp3) is 0.833. The molecule has 0 aliphatic carbocycles. The molecule has 0 radical (unpaired) electrons. The number of hydrogen-bond acceptors (Lipinski definition) is 3. The van der Waals surface area contributed by atoms with E-state index in [9.17, 15) is 14.7 Å². The molecule has 5 heteroatoms. The molecule has 1 aliphatic heterocycles. The van der Waals surface area contributed by atoms with E-state index in [4.69, 9.17) is 4.74 Å². The summed E-state index contributed by atoms with van der Waals surface area (Å²) in [5, 5.41) is 9.18. The van der Waals surface area contributed by atoms with Crippen molar-refractivity contribution >= 4 is 11.9 Å². The van der Waals surface area contributed by atoms with E-state index in [-0.39, 0.29) is 17.9 Å². The van der Waals surface area contributed by atoms with Gasteiger partial charge in [0.15, 0.2) is 0 Å². The van der Waals surface area contributed by atoms with Crippen LogP contribution in [0.15, 0.2) is 0 Å². The van der Waals surface area contributed by atoms with Crippen molar-refractivity contribution < 1.29 is 19.4 Å². The molecular weight excluding hydrogens is 222 g/mol. The fourth-order valence-corrected chi connectivity index (χ4v) is 2.20. The summed E-state index contributed by atoms with van der Waals surface area (Å²) in [4.78, 5) is 24.9. The Bertz CT molecular complexity index is 314. The van der Waals surface area contributed by atoms with Crippen LogP contribution >= 0.6 is 0 Å². The lowest BCUT2D eigenvalue weighted by Gasteiger charge is -2.36. The first-order chi connectivity index (χ1) is 7.82. The van der Waals surface area contributed by atoms with Gasteiger partial charge < -0.3 is 14.7 Å². The Balaban J connectivity index is 2.87. The Labute approximate surface area is 102 Å². The van der Waals surface area contributed by atoms with Crippen LogP contribution < -0.4 is 0 Å². The fourth-order valence-electron chi connectivity index (χ4n) is 2.20. The highest BCUT2D eigenvalue weighted by molar-refractivity contribution is 5.87. The first-order valence-electron chi connectivity index (χ1n) is 5.98. The van der Waals surface area contributed by atoms with E-state index in [1.807, 2.05) is 6.92 Å². The molecule has 2 atom stereocenters. The lowest BCUT2D eigenvalue weighted by Crippen LogP contribution is -2.55. The van der Waals surface area contributed by atoms with E-state index >= 15 is 0 Å². The minimum atomic E-state index is -1.17. The molecule has 0 aromatic carbocycles. The monoisotopic (exact) mass is 243 g/mol. The average molecular weight is 243 g/mol. The van der Waals surface area contributed by atoms with Crippen LogP contribution in [-0.2, 0) is 14.3 Å². The van der Waals surface area contributed by atoms with Gasteiger partial charge in [-0.05, 0) is 34.1 Å². The number of carbonyl (C=O) groups is 2. The lowest BCUT2D eigenvalue weighted by molar-refractivity contribution is -0.159. The standard InChI is InChI=1S/C12H21NO4/c1-5-13(12(3,4)11(15)16)10(14)9-6-7-17-8(9)2/h8-9H,5-7H2,1-4H3,(H,15,16). The van der Waals surface area contributed by atoms with Gasteiger partial charge in [-0.3, -0.25) is 4.79 Å². The van der Waals surface area contributed by atoms with Crippen LogP contribution in [0.25, 0.3) is 0 Å². The predicted molar refractivity (Wildman–Crippen MR) is 62.6 cm³/mol. The molecule has 1 amide bonds. The number of nitrogens with zero attached hydrogens (tertiary/aromatic N) is 1. The van der Waals surface area contributed by atoms with Crippen molar-refractivity contribution in [3.8, 4) is 0 Å². The second-order valence-corrected chi connectivity index (χ2v) is 4.92. The van der Waals surface area contributed by atoms with Crippen molar-refractivity contribution in [2.75, 3.05) is 13.2 Å². The van der Waals surface area contributed by atoms with Crippen LogP contribution in [0.3, 0.4) is 0 Å². The smallest absolute Gasteiger partial charge is 0.329 e. The summed E-state index contributed by atoms with van der Waals surface area (Å²) in [5.41, 5.74) is -1.17. The number of aliphatic carboxylic acids is 1. The van der Waals surface area contributed by atoms with Crippen molar-refractivity contribution in [1.29, 1.82) is 0 Å². The van der Waals surface area contributed by atoms with Crippen molar-refractivity contribution in [3.05, 3.63) is 0 Å². The molecule has 2 unspecified atom stereocenters. The SMILES string of the molecule is CCN(C(=O)C1CCOC1C)C(C)(C)C(=O)O. The molecule has 1 saturated heterocycles. The highest BCUT2D eigenvalue weighted by Gasteiger charge is 2.42. The second kappa shape index (κ2) is 5.04. The highest BCUT2D eigenvalue weighted by atomic mass is 16.5. The molecule has 1 aliphatic rings. The zero-order valence-corrected chi connectivity index (χ0v) is 10.9. The van der Waals surface area contributed by atoms with Crippen LogP contribution in [0.5, 0.6) is 0 Å². The molecule has 98 valence electrons. The van der Waals surface area contributed by atoms with Crippen molar-refractivity contribution in [3.63, 3.8) is 0 Å². The largest absolute Gasteiger partial charge is 0.480 e. The summed E-state index contributed by atoms with van der Waals surface area (Å²) in [7, 11) is 0. The zero-order valence-electron chi connectivity index (χ0n) is 10.9. The Morgan fingerprint density at radius 1 is 1.47 bits per heavy atom. The molecule has 0 saturated carbocycles. The minimum Gasteiger partial charge on any atom is -0.480 e. The van der Waals surface area contributed by atoms with Gasteiger partial charge in [0.1, 0.15) is 5.54 Å². The Morgan fingerprint density at radius 3 is 2.41 bits per heavy atom. The summed E-state index contributed by atoms with van der Waals surface area (Å²) in [6, 6.07) is 0. The minimum absolute atomic E-state index is 0.120. The third-order valence-corrected chi connectivity index (χ3v) is 3.47. The molecular formula is C12H21NO4. The van der Waals surface area contributed by atoms with E-state index in [1.54, 1.807) is 20.8 Å². The summed E-state index contributed by atoms with van der Waals surface area (Å²) < 4.78 is 5.36. The predicted octanol–water partition coefficient (Wildman–Crippen LogP) is 1.12. The average Bonchev–Trinajstić information content (AvgIpc) is 2.64. The van der Waals surface area contributed by atoms with Gasteiger partial charge in [-0.2, -0.15) is 0 Å². The number of carboxylic acid groups (broad SMARTS) is 1. The summed E-state index contributed by atoms with van der Waals surface area (Å²) in [5.74, 6) is -1.32. The first kappa shape index (κ1) is 14.0. The van der Waals surface area contributed by atoms with Gasteiger partial charge in [-0.25, -0.2) is 4.79 Å². The molecule has 1 fully saturated rings. The number of hydrogen-bond donors (Lipinski definition) is 1. The maximum atomic E-state index is 12.3. The van der Waals surface area contributed by atoms with Crippen molar-refractivity contribution in [2.45, 2.75) is 45.8 Å².